The van der Waals surface area contributed by atoms with Crippen molar-refractivity contribution in [1.29, 1.82) is 0 Å². The Morgan fingerprint density at radius 2 is 2.39 bits per heavy atom. The molecule has 1 aromatic rings. The fourth-order valence-corrected chi connectivity index (χ4v) is 2.09. The maximum atomic E-state index is 11.9. The van der Waals surface area contributed by atoms with Crippen molar-refractivity contribution >= 4 is 17.3 Å². The van der Waals surface area contributed by atoms with Gasteiger partial charge in [-0.05, 0) is 18.8 Å². The molecule has 0 saturated heterocycles. The van der Waals surface area contributed by atoms with Gasteiger partial charge in [0, 0.05) is 13.7 Å². The smallest absolute Gasteiger partial charge is 0.287 e. The van der Waals surface area contributed by atoms with E-state index in [0.29, 0.717) is 24.8 Å². The lowest BCUT2D eigenvalue weighted by atomic mass is 9.85. The number of rotatable bonds is 6. The van der Waals surface area contributed by atoms with Gasteiger partial charge < -0.3 is 10.1 Å². The molecule has 1 fully saturated rings. The number of nitrogens with one attached hydrogen (secondary N) is 1. The summed E-state index contributed by atoms with van der Waals surface area (Å²) in [5, 5.41) is 7.48. The molecule has 5 nitrogen and oxygen atoms in total. The van der Waals surface area contributed by atoms with Gasteiger partial charge in [0.1, 0.15) is 5.02 Å². The van der Waals surface area contributed by atoms with Crippen LogP contribution in [0.2, 0.25) is 5.02 Å². The molecule has 0 spiro atoms. The zero-order chi connectivity index (χ0) is 13.0. The number of methoxy groups -OCH3 is 1. The molecule has 0 aliphatic heterocycles. The Morgan fingerprint density at radius 1 is 1.61 bits per heavy atom. The highest BCUT2D eigenvalue weighted by Gasteiger charge is 2.18. The first-order valence-corrected chi connectivity index (χ1v) is 6.58. The molecule has 0 unspecified atom stereocenters. The summed E-state index contributed by atoms with van der Waals surface area (Å²) in [5.41, 5.74) is 0.356. The molecular weight excluding hydrogens is 254 g/mol. The SMILES string of the molecule is COCCn1ncc(NCC2CCC2)c(Cl)c1=O. The highest BCUT2D eigenvalue weighted by Crippen LogP contribution is 2.27. The van der Waals surface area contributed by atoms with Crippen LogP contribution in [0.4, 0.5) is 5.69 Å². The van der Waals surface area contributed by atoms with E-state index in [-0.39, 0.29) is 10.6 Å². The zero-order valence-electron chi connectivity index (χ0n) is 10.5. The largest absolute Gasteiger partial charge is 0.383 e. The van der Waals surface area contributed by atoms with E-state index in [1.165, 1.54) is 23.9 Å². The van der Waals surface area contributed by atoms with Crippen LogP contribution in [0.3, 0.4) is 0 Å². The summed E-state index contributed by atoms with van der Waals surface area (Å²) in [6, 6.07) is 0. The maximum absolute atomic E-state index is 11.9. The molecule has 1 aromatic heterocycles. The molecule has 0 atom stereocenters. The van der Waals surface area contributed by atoms with Gasteiger partial charge in [0.2, 0.25) is 0 Å². The molecule has 100 valence electrons. The van der Waals surface area contributed by atoms with Gasteiger partial charge in [-0.2, -0.15) is 5.10 Å². The standard InChI is InChI=1S/C12H18ClN3O2/c1-18-6-5-16-12(17)11(13)10(8-15-16)14-7-9-3-2-4-9/h8-9,14H,2-7H2,1H3. The third-order valence-electron chi connectivity index (χ3n) is 3.30. The van der Waals surface area contributed by atoms with Gasteiger partial charge in [-0.1, -0.05) is 18.0 Å². The molecule has 0 aromatic carbocycles. The van der Waals surface area contributed by atoms with E-state index < -0.39 is 0 Å². The molecule has 1 N–H and O–H groups in total. The molecule has 1 saturated carbocycles. The second kappa shape index (κ2) is 6.20. The highest BCUT2D eigenvalue weighted by molar-refractivity contribution is 6.32. The number of aromatic nitrogens is 2. The van der Waals surface area contributed by atoms with Crippen molar-refractivity contribution < 1.29 is 4.74 Å². The van der Waals surface area contributed by atoms with Crippen LogP contribution >= 0.6 is 11.6 Å². The van der Waals surface area contributed by atoms with Gasteiger partial charge in [-0.25, -0.2) is 4.68 Å². The third-order valence-corrected chi connectivity index (χ3v) is 3.66. The van der Waals surface area contributed by atoms with Gasteiger partial charge in [0.25, 0.3) is 5.56 Å². The molecule has 0 radical (unpaired) electrons. The summed E-state index contributed by atoms with van der Waals surface area (Å²) in [6.45, 7) is 1.72. The number of anilines is 1. The van der Waals surface area contributed by atoms with Crippen LogP contribution in [0.1, 0.15) is 19.3 Å². The van der Waals surface area contributed by atoms with Crippen molar-refractivity contribution in [3.05, 3.63) is 21.6 Å². The molecule has 18 heavy (non-hydrogen) atoms. The molecule has 1 aliphatic rings. The van der Waals surface area contributed by atoms with Crippen LogP contribution < -0.4 is 10.9 Å². The average Bonchev–Trinajstić information content (AvgIpc) is 2.31. The van der Waals surface area contributed by atoms with Gasteiger partial charge in [0.05, 0.1) is 25.0 Å². The van der Waals surface area contributed by atoms with E-state index in [9.17, 15) is 4.79 Å². The predicted molar refractivity (Wildman–Crippen MR) is 71.2 cm³/mol. The lowest BCUT2D eigenvalue weighted by Crippen LogP contribution is -2.27. The predicted octanol–water partition coefficient (Wildman–Crippen LogP) is 1.76. The van der Waals surface area contributed by atoms with E-state index in [0.717, 1.165) is 6.54 Å². The van der Waals surface area contributed by atoms with Crippen LogP contribution in [-0.4, -0.2) is 30.0 Å². The van der Waals surface area contributed by atoms with Crippen LogP contribution in [0.15, 0.2) is 11.0 Å². The van der Waals surface area contributed by atoms with Crippen molar-refractivity contribution in [3.8, 4) is 0 Å². The van der Waals surface area contributed by atoms with Gasteiger partial charge >= 0.3 is 0 Å². The Labute approximate surface area is 111 Å². The molecule has 0 bridgehead atoms. The molecular formula is C12H18ClN3O2. The normalized spacial score (nSPS) is 15.4. The third kappa shape index (κ3) is 3.03. The van der Waals surface area contributed by atoms with Crippen LogP contribution in [0, 0.1) is 5.92 Å². The first-order chi connectivity index (χ1) is 8.72. The lowest BCUT2D eigenvalue weighted by Gasteiger charge is -2.25. The molecule has 2 rings (SSSR count). The number of nitrogens with zero attached hydrogens (tertiary/aromatic N) is 2. The molecule has 0 amide bonds. The first-order valence-electron chi connectivity index (χ1n) is 6.21. The Kier molecular flexibility index (Phi) is 4.60. The van der Waals surface area contributed by atoms with Gasteiger partial charge in [0.15, 0.2) is 0 Å². The second-order valence-corrected chi connectivity index (χ2v) is 4.95. The van der Waals surface area contributed by atoms with Crippen molar-refractivity contribution in [1.82, 2.24) is 9.78 Å². The minimum absolute atomic E-state index is 0.209. The first kappa shape index (κ1) is 13.4. The summed E-state index contributed by atoms with van der Waals surface area (Å²) >= 11 is 6.05. The van der Waals surface area contributed by atoms with Crippen molar-refractivity contribution in [2.75, 3.05) is 25.6 Å². The van der Waals surface area contributed by atoms with Crippen LogP contribution in [0.25, 0.3) is 0 Å². The number of hydrogen-bond donors (Lipinski definition) is 1. The topological polar surface area (TPSA) is 56.1 Å². The Balaban J connectivity index is 2.02. The van der Waals surface area contributed by atoms with Gasteiger partial charge in [-0.3, -0.25) is 4.79 Å². The Hall–Kier alpha value is -1.07. The minimum atomic E-state index is -0.271. The van der Waals surface area contributed by atoms with E-state index in [1.807, 2.05) is 0 Å². The van der Waals surface area contributed by atoms with Gasteiger partial charge in [-0.15, -0.1) is 0 Å². The molecule has 6 heteroatoms. The summed E-state index contributed by atoms with van der Waals surface area (Å²) in [4.78, 5) is 11.9. The molecule has 1 aliphatic carbocycles. The summed E-state index contributed by atoms with van der Waals surface area (Å²) < 4.78 is 6.23. The Morgan fingerprint density at radius 3 is 3.00 bits per heavy atom. The van der Waals surface area contributed by atoms with E-state index >= 15 is 0 Å². The van der Waals surface area contributed by atoms with Crippen molar-refractivity contribution in [3.63, 3.8) is 0 Å². The fraction of sp³-hybridized carbons (Fsp3) is 0.667. The maximum Gasteiger partial charge on any atom is 0.287 e. The monoisotopic (exact) mass is 271 g/mol. The summed E-state index contributed by atoms with van der Waals surface area (Å²) in [6.07, 6.45) is 5.42. The van der Waals surface area contributed by atoms with Crippen molar-refractivity contribution in [2.45, 2.75) is 25.8 Å². The van der Waals surface area contributed by atoms with E-state index in [2.05, 4.69) is 10.4 Å². The van der Waals surface area contributed by atoms with Crippen LogP contribution in [0.5, 0.6) is 0 Å². The lowest BCUT2D eigenvalue weighted by molar-refractivity contribution is 0.182. The fourth-order valence-electron chi connectivity index (χ4n) is 1.88. The Bertz CT molecular complexity index is 457. The zero-order valence-corrected chi connectivity index (χ0v) is 11.2. The van der Waals surface area contributed by atoms with Crippen molar-refractivity contribution in [2.24, 2.45) is 5.92 Å². The summed E-state index contributed by atoms with van der Waals surface area (Å²) in [7, 11) is 1.58. The summed E-state index contributed by atoms with van der Waals surface area (Å²) in [5.74, 6) is 0.706. The van der Waals surface area contributed by atoms with E-state index in [4.69, 9.17) is 16.3 Å². The molecule has 1 heterocycles. The minimum Gasteiger partial charge on any atom is -0.383 e. The second-order valence-electron chi connectivity index (χ2n) is 4.57. The highest BCUT2D eigenvalue weighted by atomic mass is 35.5. The number of hydrogen-bond acceptors (Lipinski definition) is 4. The van der Waals surface area contributed by atoms with Crippen LogP contribution in [-0.2, 0) is 11.3 Å². The average molecular weight is 272 g/mol. The van der Waals surface area contributed by atoms with E-state index in [1.54, 1.807) is 13.3 Å². The number of halogens is 1. The number of ether oxygens (including phenoxy) is 1. The quantitative estimate of drug-likeness (QED) is 0.857.